The first-order valence-electron chi connectivity index (χ1n) is 6.28. The summed E-state index contributed by atoms with van der Waals surface area (Å²) in [6.07, 6.45) is 2.38. The van der Waals surface area contributed by atoms with Crippen LogP contribution >= 0.6 is 10.7 Å². The highest BCUT2D eigenvalue weighted by Crippen LogP contribution is 2.28. The minimum absolute atomic E-state index is 0.0371. The van der Waals surface area contributed by atoms with Crippen molar-refractivity contribution in [1.29, 1.82) is 0 Å². The molecule has 7 heteroatoms. The number of amides is 1. The fourth-order valence-electron chi connectivity index (χ4n) is 1.86. The van der Waals surface area contributed by atoms with Crippen LogP contribution < -0.4 is 10.1 Å². The monoisotopic (exact) mass is 317 g/mol. The number of methoxy groups -OCH3 is 1. The predicted octanol–water partition coefficient (Wildman–Crippen LogP) is 1.69. The van der Waals surface area contributed by atoms with Crippen LogP contribution in [0.3, 0.4) is 0 Å². The van der Waals surface area contributed by atoms with Crippen LogP contribution in [0.15, 0.2) is 23.1 Å². The van der Waals surface area contributed by atoms with Crippen molar-refractivity contribution in [2.45, 2.75) is 24.2 Å². The molecule has 0 saturated heterocycles. The maximum absolute atomic E-state index is 11.8. The zero-order valence-corrected chi connectivity index (χ0v) is 12.6. The lowest BCUT2D eigenvalue weighted by atomic mass is 10.1. The summed E-state index contributed by atoms with van der Waals surface area (Å²) in [5.41, 5.74) is 0.502. The normalized spacial score (nSPS) is 14.9. The van der Waals surface area contributed by atoms with Crippen LogP contribution in [0.4, 0.5) is 0 Å². The molecule has 20 heavy (non-hydrogen) atoms. The van der Waals surface area contributed by atoms with E-state index in [4.69, 9.17) is 15.4 Å². The van der Waals surface area contributed by atoms with Crippen molar-refractivity contribution in [2.24, 2.45) is 5.92 Å². The summed E-state index contributed by atoms with van der Waals surface area (Å²) in [6.45, 7) is 0.675. The Kier molecular flexibility index (Phi) is 4.55. The molecule has 1 aliphatic rings. The summed E-state index contributed by atoms with van der Waals surface area (Å²) < 4.78 is 27.8. The van der Waals surface area contributed by atoms with Crippen molar-refractivity contribution in [3.63, 3.8) is 0 Å². The molecule has 5 nitrogen and oxygen atoms in total. The Bertz CT molecular complexity index is 611. The highest BCUT2D eigenvalue weighted by atomic mass is 35.7. The first-order chi connectivity index (χ1) is 9.40. The van der Waals surface area contributed by atoms with Crippen LogP contribution in [0.25, 0.3) is 0 Å². The molecule has 0 aliphatic heterocycles. The van der Waals surface area contributed by atoms with Crippen LogP contribution in [0.1, 0.15) is 18.4 Å². The van der Waals surface area contributed by atoms with Gasteiger partial charge in [-0.1, -0.05) is 0 Å². The van der Waals surface area contributed by atoms with E-state index in [2.05, 4.69) is 5.32 Å². The van der Waals surface area contributed by atoms with Crippen LogP contribution in [-0.4, -0.2) is 28.0 Å². The van der Waals surface area contributed by atoms with Crippen molar-refractivity contribution >= 4 is 25.6 Å². The first kappa shape index (κ1) is 15.1. The average molecular weight is 318 g/mol. The van der Waals surface area contributed by atoms with Crippen molar-refractivity contribution in [3.8, 4) is 5.75 Å². The van der Waals surface area contributed by atoms with E-state index in [0.29, 0.717) is 23.8 Å². The lowest BCUT2D eigenvalue weighted by molar-refractivity contribution is -0.120. The Morgan fingerprint density at radius 2 is 2.15 bits per heavy atom. The quantitative estimate of drug-likeness (QED) is 0.810. The number of rotatable bonds is 6. The van der Waals surface area contributed by atoms with E-state index in [-0.39, 0.29) is 17.2 Å². The minimum atomic E-state index is -3.82. The van der Waals surface area contributed by atoms with Gasteiger partial charge in [-0.15, -0.1) is 0 Å². The highest BCUT2D eigenvalue weighted by Gasteiger charge is 2.22. The van der Waals surface area contributed by atoms with E-state index in [1.165, 1.54) is 25.3 Å². The minimum Gasteiger partial charge on any atom is -0.496 e. The van der Waals surface area contributed by atoms with Gasteiger partial charge in [0.2, 0.25) is 5.91 Å². The lowest BCUT2D eigenvalue weighted by Crippen LogP contribution is -2.27. The van der Waals surface area contributed by atoms with E-state index in [9.17, 15) is 13.2 Å². The maximum Gasteiger partial charge on any atom is 0.261 e. The van der Waals surface area contributed by atoms with E-state index >= 15 is 0 Å². The third-order valence-corrected chi connectivity index (χ3v) is 4.52. The van der Waals surface area contributed by atoms with Gasteiger partial charge in [0.25, 0.3) is 9.05 Å². The van der Waals surface area contributed by atoms with Gasteiger partial charge in [0, 0.05) is 22.8 Å². The summed E-state index contributed by atoms with van der Waals surface area (Å²) in [5, 5.41) is 2.83. The summed E-state index contributed by atoms with van der Waals surface area (Å²) in [4.78, 5) is 11.8. The standard InChI is InChI=1S/C13H16ClNO4S/c1-19-12-5-4-11(20(14,17)18)6-10(12)7-13(16)15-8-9-2-3-9/h4-6,9H,2-3,7-8H2,1H3,(H,15,16). The Morgan fingerprint density at radius 3 is 2.70 bits per heavy atom. The number of hydrogen-bond acceptors (Lipinski definition) is 4. The summed E-state index contributed by atoms with van der Waals surface area (Å²) in [6, 6.07) is 4.23. The molecular formula is C13H16ClNO4S. The number of halogens is 1. The molecule has 0 radical (unpaired) electrons. The number of carbonyl (C=O) groups excluding carboxylic acids is 1. The van der Waals surface area contributed by atoms with Crippen molar-refractivity contribution in [1.82, 2.24) is 5.32 Å². The molecule has 0 unspecified atom stereocenters. The molecule has 1 N–H and O–H groups in total. The molecule has 1 amide bonds. The Morgan fingerprint density at radius 1 is 1.45 bits per heavy atom. The summed E-state index contributed by atoms with van der Waals surface area (Å²) in [5.74, 6) is 0.908. The molecule has 1 aromatic rings. The second kappa shape index (κ2) is 6.01. The molecule has 0 spiro atoms. The van der Waals surface area contributed by atoms with Crippen molar-refractivity contribution in [2.75, 3.05) is 13.7 Å². The number of hydrogen-bond donors (Lipinski definition) is 1. The zero-order chi connectivity index (χ0) is 14.8. The van der Waals surface area contributed by atoms with Gasteiger partial charge in [-0.3, -0.25) is 4.79 Å². The Labute approximate surface area is 122 Å². The summed E-state index contributed by atoms with van der Waals surface area (Å²) >= 11 is 0. The van der Waals surface area contributed by atoms with Crippen molar-refractivity contribution < 1.29 is 17.9 Å². The van der Waals surface area contributed by atoms with E-state index < -0.39 is 9.05 Å². The lowest BCUT2D eigenvalue weighted by Gasteiger charge is -2.10. The van der Waals surface area contributed by atoms with Gasteiger partial charge in [-0.05, 0) is 37.0 Å². The first-order valence-corrected chi connectivity index (χ1v) is 8.59. The average Bonchev–Trinajstić information content (AvgIpc) is 3.19. The van der Waals surface area contributed by atoms with E-state index in [0.717, 1.165) is 12.8 Å². The number of nitrogens with one attached hydrogen (secondary N) is 1. The van der Waals surface area contributed by atoms with Gasteiger partial charge in [0.1, 0.15) is 5.75 Å². The number of ether oxygens (including phenoxy) is 1. The third-order valence-electron chi connectivity index (χ3n) is 3.17. The summed E-state index contributed by atoms with van der Waals surface area (Å²) in [7, 11) is 2.96. The molecule has 110 valence electrons. The van der Waals surface area contributed by atoms with Crippen LogP contribution in [0.2, 0.25) is 0 Å². The molecule has 0 bridgehead atoms. The van der Waals surface area contributed by atoms with Gasteiger partial charge in [-0.2, -0.15) is 0 Å². The van der Waals surface area contributed by atoms with Gasteiger partial charge in [-0.25, -0.2) is 8.42 Å². The molecule has 1 aliphatic carbocycles. The Balaban J connectivity index is 2.12. The smallest absolute Gasteiger partial charge is 0.261 e. The molecule has 1 fully saturated rings. The predicted molar refractivity (Wildman–Crippen MR) is 75.5 cm³/mol. The molecule has 0 heterocycles. The number of benzene rings is 1. The molecule has 2 rings (SSSR count). The zero-order valence-electron chi connectivity index (χ0n) is 11.1. The van der Waals surface area contributed by atoms with Crippen LogP contribution in [-0.2, 0) is 20.3 Å². The Hall–Kier alpha value is -1.27. The van der Waals surface area contributed by atoms with Gasteiger partial charge in [0.05, 0.1) is 18.4 Å². The van der Waals surface area contributed by atoms with Crippen LogP contribution in [0, 0.1) is 5.92 Å². The van der Waals surface area contributed by atoms with Crippen molar-refractivity contribution in [3.05, 3.63) is 23.8 Å². The topological polar surface area (TPSA) is 72.5 Å². The van der Waals surface area contributed by atoms with Gasteiger partial charge >= 0.3 is 0 Å². The van der Waals surface area contributed by atoms with Crippen LogP contribution in [0.5, 0.6) is 5.75 Å². The SMILES string of the molecule is COc1ccc(S(=O)(=O)Cl)cc1CC(=O)NCC1CC1. The maximum atomic E-state index is 11.8. The fourth-order valence-corrected chi connectivity index (χ4v) is 2.66. The largest absolute Gasteiger partial charge is 0.496 e. The second-order valence-corrected chi connectivity index (χ2v) is 7.40. The number of carbonyl (C=O) groups is 1. The molecule has 0 atom stereocenters. The third kappa shape index (κ3) is 4.11. The molecule has 1 saturated carbocycles. The van der Waals surface area contributed by atoms with E-state index in [1.54, 1.807) is 0 Å². The van der Waals surface area contributed by atoms with Gasteiger partial charge < -0.3 is 10.1 Å². The van der Waals surface area contributed by atoms with Gasteiger partial charge in [0.15, 0.2) is 0 Å². The highest BCUT2D eigenvalue weighted by molar-refractivity contribution is 8.13. The fraction of sp³-hybridized carbons (Fsp3) is 0.462. The molecule has 0 aromatic heterocycles. The molecular weight excluding hydrogens is 302 g/mol. The molecule has 1 aromatic carbocycles. The van der Waals surface area contributed by atoms with E-state index in [1.807, 2.05) is 0 Å². The second-order valence-electron chi connectivity index (χ2n) is 4.84.